The van der Waals surface area contributed by atoms with Crippen LogP contribution in [0.3, 0.4) is 0 Å². The Labute approximate surface area is 680 Å². The number of H-pyrrole nitrogens is 4. The standard InChI is InChI=1S/C14H19ClN2O3.C14H20N2O3.C14H18N2O3.C13H18N2O4.C12H17N3O4.C12H15N3O4.C2H6/c1-4-14(6-7-15)10(3)9(2)12(20-14)17-8-5-11(18)16-13(17)19;2*1-5-14(6-2)10(4)9(3)12(19-14)16-8-7-11(17)15-13(16)18;1-4-13(7-16)9(3)8(2)11(19-13)15-6-5-10(17)14-12(15)18;2*1-3-12(6-16)9(17)7(2)10(19-12)15-5-4-8(13)14-11(15)18;1-2/h5-10,12H,4H2,1-3H3,(H,16,18,19);5,7-10,12H,1,6H2,2-4H3,(H,15,17,18);1,7-10,12H,6H2,2-4H3,(H,15,17,18);5-9,11H,4H2,1-3H3,(H,14,17,18);3-5,7,9-10,16-17H,1,6H2,2H3,(H2,13,14,18);1,4-5,7,9-10,16-17H,6H2,2H3,(H2,13,14,18);1-2H3/b7-6+;;;;;;. The average Bonchev–Trinajstić information content (AvgIpc) is 1.66. The molecule has 6 saturated heterocycles. The normalized spacial score (nSPS) is 33.7. The van der Waals surface area contributed by atoms with Gasteiger partial charge in [-0.05, 0) is 61.6 Å². The molecule has 640 valence electrons. The van der Waals surface area contributed by atoms with Gasteiger partial charge in [0.15, 0.2) is 11.9 Å². The molecule has 24 atom stereocenters. The second kappa shape index (κ2) is 40.0. The fourth-order valence-electron chi connectivity index (χ4n) is 15.6. The Morgan fingerprint density at radius 3 is 1.02 bits per heavy atom. The molecular formula is C81H113ClN14O21. The van der Waals surface area contributed by atoms with E-state index < -0.39 is 158 Å². The maximum Gasteiger partial charge on any atom is 0.351 e. The molecule has 36 heteroatoms. The number of halogens is 1. The average molecular weight is 1650 g/mol. The summed E-state index contributed by atoms with van der Waals surface area (Å²) in [6.07, 6.45) is 22.9. The predicted octanol–water partition coefficient (Wildman–Crippen LogP) is 4.73. The molecule has 24 unspecified atom stereocenters. The second-order valence-corrected chi connectivity index (χ2v) is 30.1. The number of hydrogen-bond acceptors (Lipinski definition) is 25. The molecule has 6 aromatic heterocycles. The number of nitrogens with zero attached hydrogens (tertiary/aromatic N) is 8. The zero-order chi connectivity index (χ0) is 87.9. The summed E-state index contributed by atoms with van der Waals surface area (Å²) in [6, 6.07) is 8.15. The molecule has 0 bridgehead atoms. The van der Waals surface area contributed by atoms with Crippen molar-refractivity contribution in [1.82, 2.24) is 57.3 Å². The van der Waals surface area contributed by atoms with Crippen molar-refractivity contribution in [2.45, 2.75) is 220 Å². The van der Waals surface area contributed by atoms with E-state index in [1.807, 2.05) is 95.2 Å². The van der Waals surface area contributed by atoms with Gasteiger partial charge >= 0.3 is 34.1 Å². The summed E-state index contributed by atoms with van der Waals surface area (Å²) in [6.45, 7) is 38.0. The number of aliphatic hydroxyl groups is 4. The van der Waals surface area contributed by atoms with Crippen molar-refractivity contribution in [2.24, 2.45) is 59.2 Å². The first-order valence-corrected chi connectivity index (χ1v) is 39.2. The second-order valence-electron chi connectivity index (χ2n) is 29.8. The van der Waals surface area contributed by atoms with Crippen LogP contribution in [0.5, 0.6) is 0 Å². The number of aldehydes is 1. The van der Waals surface area contributed by atoms with Gasteiger partial charge in [0.05, 0.1) is 30.5 Å². The molecule has 6 aliphatic heterocycles. The molecule has 12 rings (SSSR count). The zero-order valence-corrected chi connectivity index (χ0v) is 69.6. The summed E-state index contributed by atoms with van der Waals surface area (Å²) in [5.74, 6) is 5.23. The molecule has 6 aliphatic rings. The van der Waals surface area contributed by atoms with Gasteiger partial charge in [-0.25, -0.2) is 28.8 Å². The van der Waals surface area contributed by atoms with E-state index in [9.17, 15) is 73.2 Å². The Kier molecular flexibility index (Phi) is 32.7. The monoisotopic (exact) mass is 1650 g/mol. The fraction of sp³-hybridized carbons (Fsp3) is 0.568. The number of terminal acetylenes is 2. The molecule has 12 N–H and O–H groups in total. The van der Waals surface area contributed by atoms with Gasteiger partial charge in [-0.2, -0.15) is 9.97 Å². The van der Waals surface area contributed by atoms with Crippen LogP contribution >= 0.6 is 11.6 Å². The maximum atomic E-state index is 11.9. The lowest BCUT2D eigenvalue weighted by Crippen LogP contribution is -2.43. The number of ether oxygens (including phenoxy) is 6. The van der Waals surface area contributed by atoms with Crippen LogP contribution in [0.25, 0.3) is 0 Å². The van der Waals surface area contributed by atoms with Gasteiger partial charge in [0.2, 0.25) is 0 Å². The smallest absolute Gasteiger partial charge is 0.351 e. The van der Waals surface area contributed by atoms with Crippen LogP contribution in [0.4, 0.5) is 11.6 Å². The van der Waals surface area contributed by atoms with Gasteiger partial charge in [0.1, 0.15) is 71.9 Å². The van der Waals surface area contributed by atoms with E-state index in [1.54, 1.807) is 13.8 Å². The van der Waals surface area contributed by atoms with Crippen LogP contribution in [-0.2, 0) is 33.2 Å². The Morgan fingerprint density at radius 2 is 0.744 bits per heavy atom. The van der Waals surface area contributed by atoms with Crippen LogP contribution in [0.2, 0.25) is 0 Å². The number of hydrogen-bond donors (Lipinski definition) is 10. The summed E-state index contributed by atoms with van der Waals surface area (Å²) < 4.78 is 43.3. The molecule has 35 nitrogen and oxygen atoms in total. The molecular weight excluding hydrogens is 1540 g/mol. The number of nitrogen functional groups attached to an aromatic ring is 2. The third-order valence-corrected chi connectivity index (χ3v) is 24.2. The van der Waals surface area contributed by atoms with E-state index >= 15 is 0 Å². The first-order chi connectivity index (χ1) is 55.2. The third-order valence-electron chi connectivity index (χ3n) is 24.0. The topological polar surface area (TPSA) is 495 Å². The maximum absolute atomic E-state index is 11.9. The number of aromatic nitrogens is 12. The number of nitrogens with two attached hydrogens (primary N) is 2. The summed E-state index contributed by atoms with van der Waals surface area (Å²) >= 11 is 5.73. The lowest BCUT2D eigenvalue weighted by Gasteiger charge is -2.28. The number of carbonyl (C=O) groups is 1. The van der Waals surface area contributed by atoms with Crippen molar-refractivity contribution in [2.75, 3.05) is 24.7 Å². The number of anilines is 2. The highest BCUT2D eigenvalue weighted by Crippen LogP contribution is 2.51. The van der Waals surface area contributed by atoms with Crippen LogP contribution in [0.1, 0.15) is 174 Å². The minimum absolute atomic E-state index is 0.00109. The summed E-state index contributed by atoms with van der Waals surface area (Å²) in [5, 5.41) is 39.0. The highest BCUT2D eigenvalue weighted by Gasteiger charge is 2.56. The molecule has 0 aliphatic carbocycles. The third kappa shape index (κ3) is 19.4. The van der Waals surface area contributed by atoms with Crippen molar-refractivity contribution >= 4 is 29.5 Å². The van der Waals surface area contributed by atoms with Gasteiger partial charge in [-0.1, -0.05) is 146 Å². The minimum Gasteiger partial charge on any atom is -0.393 e. The van der Waals surface area contributed by atoms with Crippen LogP contribution in [0.15, 0.2) is 158 Å². The van der Waals surface area contributed by atoms with Crippen molar-refractivity contribution in [3.63, 3.8) is 0 Å². The molecule has 0 spiro atoms. The van der Waals surface area contributed by atoms with Crippen molar-refractivity contribution in [1.29, 1.82) is 0 Å². The number of aromatic amines is 4. The molecule has 0 radical (unpaired) electrons. The van der Waals surface area contributed by atoms with Crippen molar-refractivity contribution in [3.8, 4) is 24.7 Å². The Bertz CT molecular complexity index is 5080. The molecule has 6 fully saturated rings. The van der Waals surface area contributed by atoms with E-state index in [0.717, 1.165) is 19.1 Å². The number of rotatable bonds is 16. The number of nitrogens with one attached hydrogen (secondary N) is 4. The van der Waals surface area contributed by atoms with E-state index in [1.165, 1.54) is 113 Å². The van der Waals surface area contributed by atoms with E-state index in [2.05, 4.69) is 68.8 Å². The fourth-order valence-corrected chi connectivity index (χ4v) is 15.9. The summed E-state index contributed by atoms with van der Waals surface area (Å²) in [5.41, 5.74) is 2.37. The number of carbonyl (C=O) groups excluding carboxylic acids is 1. The molecule has 0 aromatic carbocycles. The Morgan fingerprint density at radius 1 is 0.444 bits per heavy atom. The summed E-state index contributed by atoms with van der Waals surface area (Å²) in [7, 11) is 0. The minimum atomic E-state index is -1.51. The van der Waals surface area contributed by atoms with Gasteiger partial charge in [-0.3, -0.25) is 66.5 Å². The van der Waals surface area contributed by atoms with Crippen molar-refractivity contribution < 1.29 is 53.6 Å². The van der Waals surface area contributed by atoms with Gasteiger partial charge in [0.25, 0.3) is 22.2 Å². The Hall–Kier alpha value is -10.0. The molecule has 6 aromatic rings. The van der Waals surface area contributed by atoms with Gasteiger partial charge < -0.3 is 65.1 Å². The SMILES string of the molecule is C#CC1(CC)OC(n2ccc(=O)[nH]c2=O)C(C)C1C.C#CC1(CO)OC(n2ccc(N)nc2=O)C(C)C1O.C=CC1(CC)OC(n2ccc(=O)[nH]c2=O)C(C)C1C.C=CC1(CO)OC(n2ccc(N)nc2=O)C(C)C1O.CC.CCC1(/C=C/Cl)OC(n2ccc(=O)[nH]c2=O)C(C)C1C.CCC1(C=O)OC(n2ccc(=O)[nH]c2=O)C(C)C1C. The first kappa shape index (κ1) is 95.8. The predicted molar refractivity (Wildman–Crippen MR) is 438 cm³/mol. The molecule has 117 heavy (non-hydrogen) atoms. The lowest BCUT2D eigenvalue weighted by atomic mass is 9.81. The summed E-state index contributed by atoms with van der Waals surface area (Å²) in [4.78, 5) is 143. The first-order valence-electron chi connectivity index (χ1n) is 38.8. The van der Waals surface area contributed by atoms with E-state index in [-0.39, 0.29) is 65.2 Å². The zero-order valence-electron chi connectivity index (χ0n) is 68.9. The van der Waals surface area contributed by atoms with Crippen LogP contribution in [0, 0.1) is 83.9 Å². The van der Waals surface area contributed by atoms with E-state index in [4.69, 9.17) is 64.3 Å². The molecule has 12 heterocycles. The van der Waals surface area contributed by atoms with Gasteiger partial charge in [0, 0.05) is 108 Å². The molecule has 0 amide bonds. The van der Waals surface area contributed by atoms with Crippen LogP contribution < -0.4 is 67.8 Å². The highest BCUT2D eigenvalue weighted by atomic mass is 35.5. The number of aliphatic hydroxyl groups excluding tert-OH is 4. The Balaban J connectivity index is 0.000000217. The van der Waals surface area contributed by atoms with E-state index in [0.29, 0.717) is 12.8 Å². The van der Waals surface area contributed by atoms with Crippen LogP contribution in [-0.4, -0.2) is 143 Å². The lowest BCUT2D eigenvalue weighted by molar-refractivity contribution is -0.138. The van der Waals surface area contributed by atoms with Crippen molar-refractivity contribution in [3.05, 3.63) is 215 Å². The quantitative estimate of drug-likeness (QED) is 0.0356. The highest BCUT2D eigenvalue weighted by molar-refractivity contribution is 6.25. The van der Waals surface area contributed by atoms with Gasteiger partial charge in [-0.15, -0.1) is 26.0 Å². The molecule has 0 saturated carbocycles. The largest absolute Gasteiger partial charge is 0.393 e.